The Morgan fingerprint density at radius 2 is 2.37 bits per heavy atom. The van der Waals surface area contributed by atoms with Crippen LogP contribution in [-0.4, -0.2) is 11.1 Å². The zero-order valence-electron chi connectivity index (χ0n) is 9.38. The van der Waals surface area contributed by atoms with E-state index in [9.17, 15) is 4.79 Å². The molecule has 2 rings (SSSR count). The maximum Gasteiger partial charge on any atom is 0.437 e. The molecule has 1 heterocycles. The molecule has 0 atom stereocenters. The van der Waals surface area contributed by atoms with Gasteiger partial charge in [0.1, 0.15) is 11.1 Å². The van der Waals surface area contributed by atoms with Gasteiger partial charge >= 0.3 is 6.09 Å². The molecule has 0 saturated heterocycles. The predicted molar refractivity (Wildman–Crippen MR) is 74.4 cm³/mol. The van der Waals surface area contributed by atoms with Gasteiger partial charge in [-0.15, -0.1) is 11.3 Å². The Kier molecular flexibility index (Phi) is 4.33. The Morgan fingerprint density at radius 1 is 1.53 bits per heavy atom. The molecule has 0 aliphatic heterocycles. The fourth-order valence-corrected chi connectivity index (χ4v) is 2.10. The molecular weight excluding hydrogens is 332 g/mol. The Morgan fingerprint density at radius 3 is 3.00 bits per heavy atom. The van der Waals surface area contributed by atoms with Crippen LogP contribution in [0.4, 0.5) is 10.5 Å². The third kappa shape index (κ3) is 3.21. The average molecular weight is 339 g/mol. The Bertz CT molecular complexity index is 624. The summed E-state index contributed by atoms with van der Waals surface area (Å²) in [5.74, 6) is 0. The maximum absolute atomic E-state index is 11.0. The molecule has 0 bridgehead atoms. The molecule has 0 unspecified atom stereocenters. The van der Waals surface area contributed by atoms with Gasteiger partial charge in [0.15, 0.2) is 16.3 Å². The van der Waals surface area contributed by atoms with Gasteiger partial charge in [-0.2, -0.15) is 5.26 Å². The fourth-order valence-electron chi connectivity index (χ4n) is 1.38. The highest BCUT2D eigenvalue weighted by molar-refractivity contribution is 9.06. The molecule has 96 valence electrons. The minimum atomic E-state index is -0.719. The number of hydrogen-bond acceptors (Lipinski definition) is 6. The number of aromatic nitrogens is 1. The SMILES string of the molecule is N#Cc1ccc(-c2nccs2)cc1NNC(=O)OBr. The summed E-state index contributed by atoms with van der Waals surface area (Å²) in [5.41, 5.74) is 6.60. The van der Waals surface area contributed by atoms with Crippen LogP contribution < -0.4 is 10.9 Å². The molecule has 0 radical (unpaired) electrons. The summed E-state index contributed by atoms with van der Waals surface area (Å²) in [6.07, 6.45) is 0.981. The summed E-state index contributed by atoms with van der Waals surface area (Å²) in [5, 5.41) is 11.7. The molecule has 6 nitrogen and oxygen atoms in total. The van der Waals surface area contributed by atoms with Crippen LogP contribution in [0, 0.1) is 11.3 Å². The smallest absolute Gasteiger partial charge is 0.366 e. The largest absolute Gasteiger partial charge is 0.437 e. The zero-order chi connectivity index (χ0) is 13.7. The van der Waals surface area contributed by atoms with Crippen LogP contribution >= 0.6 is 27.6 Å². The van der Waals surface area contributed by atoms with Gasteiger partial charge in [-0.25, -0.2) is 15.2 Å². The molecule has 0 saturated carbocycles. The van der Waals surface area contributed by atoms with Gasteiger partial charge in [-0.1, -0.05) is 6.07 Å². The van der Waals surface area contributed by atoms with Crippen molar-refractivity contribution in [2.24, 2.45) is 0 Å². The van der Waals surface area contributed by atoms with Gasteiger partial charge < -0.3 is 3.83 Å². The molecule has 8 heteroatoms. The van der Waals surface area contributed by atoms with Crippen LogP contribution in [0.2, 0.25) is 0 Å². The van der Waals surface area contributed by atoms with E-state index in [-0.39, 0.29) is 0 Å². The monoisotopic (exact) mass is 338 g/mol. The number of carbonyl (C=O) groups excluding carboxylic acids is 1. The first-order valence-electron chi connectivity index (χ1n) is 5.03. The quantitative estimate of drug-likeness (QED) is 0.840. The van der Waals surface area contributed by atoms with E-state index in [1.165, 1.54) is 11.3 Å². The third-order valence-corrected chi connectivity index (χ3v) is 3.30. The Labute approximate surface area is 121 Å². The minimum Gasteiger partial charge on any atom is -0.366 e. The number of nitrogens with zero attached hydrogens (tertiary/aromatic N) is 2. The van der Waals surface area contributed by atoms with Crippen molar-refractivity contribution in [3.63, 3.8) is 0 Å². The van der Waals surface area contributed by atoms with Gasteiger partial charge in [0, 0.05) is 17.1 Å². The van der Waals surface area contributed by atoms with E-state index in [1.54, 1.807) is 24.4 Å². The van der Waals surface area contributed by atoms with E-state index in [2.05, 4.69) is 35.9 Å². The van der Waals surface area contributed by atoms with Crippen molar-refractivity contribution < 1.29 is 8.62 Å². The normalized spacial score (nSPS) is 9.47. The Hall–Kier alpha value is -2.11. The first kappa shape index (κ1) is 13.3. The van der Waals surface area contributed by atoms with Gasteiger partial charge in [0.25, 0.3) is 0 Å². The molecule has 0 spiro atoms. The topological polar surface area (TPSA) is 87.0 Å². The fraction of sp³-hybridized carbons (Fsp3) is 0. The zero-order valence-corrected chi connectivity index (χ0v) is 11.8. The van der Waals surface area contributed by atoms with Crippen molar-refractivity contribution in [1.29, 1.82) is 5.26 Å². The van der Waals surface area contributed by atoms with E-state index in [0.717, 1.165) is 10.6 Å². The number of anilines is 1. The molecule has 1 aromatic heterocycles. The number of amides is 1. The van der Waals surface area contributed by atoms with Crippen molar-refractivity contribution in [2.45, 2.75) is 0 Å². The molecule has 1 aromatic carbocycles. The van der Waals surface area contributed by atoms with Crippen molar-refractivity contribution >= 4 is 39.4 Å². The number of thiazole rings is 1. The standard InChI is InChI=1S/C11H7BrN4O2S/c12-18-11(17)16-15-9-5-7(1-2-8(9)6-13)10-14-3-4-19-10/h1-5,15H,(H,16,17). The summed E-state index contributed by atoms with van der Waals surface area (Å²) >= 11 is 4.03. The van der Waals surface area contributed by atoms with Crippen molar-refractivity contribution in [2.75, 3.05) is 5.43 Å². The molecule has 19 heavy (non-hydrogen) atoms. The van der Waals surface area contributed by atoms with E-state index in [0.29, 0.717) is 11.3 Å². The summed E-state index contributed by atoms with van der Waals surface area (Å²) < 4.78 is 4.25. The minimum absolute atomic E-state index is 0.398. The highest BCUT2D eigenvalue weighted by atomic mass is 79.9. The molecule has 0 aliphatic carbocycles. The number of nitriles is 1. The van der Waals surface area contributed by atoms with E-state index in [4.69, 9.17) is 5.26 Å². The second-order valence-electron chi connectivity index (χ2n) is 3.32. The van der Waals surface area contributed by atoms with Crippen LogP contribution in [0.15, 0.2) is 29.8 Å². The number of rotatable bonds is 3. The first-order chi connectivity index (χ1) is 9.24. The van der Waals surface area contributed by atoms with Gasteiger partial charge in [0.05, 0.1) is 11.3 Å². The van der Waals surface area contributed by atoms with Crippen LogP contribution in [0.25, 0.3) is 10.6 Å². The second-order valence-corrected chi connectivity index (χ2v) is 4.54. The number of halogens is 1. The van der Waals surface area contributed by atoms with Gasteiger partial charge in [-0.3, -0.25) is 5.43 Å². The van der Waals surface area contributed by atoms with Crippen LogP contribution in [0.5, 0.6) is 0 Å². The molecule has 1 amide bonds. The van der Waals surface area contributed by atoms with Crippen molar-refractivity contribution in [3.05, 3.63) is 35.3 Å². The molecule has 2 N–H and O–H groups in total. The van der Waals surface area contributed by atoms with Gasteiger partial charge in [-0.05, 0) is 12.1 Å². The van der Waals surface area contributed by atoms with Crippen LogP contribution in [0.1, 0.15) is 5.56 Å². The van der Waals surface area contributed by atoms with Gasteiger partial charge in [0.2, 0.25) is 0 Å². The van der Waals surface area contributed by atoms with E-state index < -0.39 is 6.09 Å². The third-order valence-electron chi connectivity index (χ3n) is 2.19. The number of hydrogen-bond donors (Lipinski definition) is 2. The lowest BCUT2D eigenvalue weighted by Gasteiger charge is -2.09. The predicted octanol–water partition coefficient (Wildman–Crippen LogP) is 3.04. The lowest BCUT2D eigenvalue weighted by Crippen LogP contribution is -2.28. The van der Waals surface area contributed by atoms with E-state index in [1.807, 2.05) is 11.4 Å². The lowest BCUT2D eigenvalue weighted by atomic mass is 10.1. The van der Waals surface area contributed by atoms with Crippen LogP contribution in [-0.2, 0) is 3.83 Å². The molecular formula is C11H7BrN4O2S. The summed E-state index contributed by atoms with van der Waals surface area (Å²) in [7, 11) is 0. The van der Waals surface area contributed by atoms with Crippen molar-refractivity contribution in [1.82, 2.24) is 10.4 Å². The van der Waals surface area contributed by atoms with E-state index >= 15 is 0 Å². The number of nitrogens with one attached hydrogen (secondary N) is 2. The number of carbonyl (C=O) groups is 1. The lowest BCUT2D eigenvalue weighted by molar-refractivity contribution is 0.213. The highest BCUT2D eigenvalue weighted by Crippen LogP contribution is 2.26. The highest BCUT2D eigenvalue weighted by Gasteiger charge is 2.08. The number of hydrazine groups is 1. The second kappa shape index (κ2) is 6.17. The average Bonchev–Trinajstić information content (AvgIpc) is 2.98. The summed E-state index contributed by atoms with van der Waals surface area (Å²) in [6, 6.07) is 7.20. The first-order valence-corrected chi connectivity index (χ1v) is 6.56. The molecule has 2 aromatic rings. The summed E-state index contributed by atoms with van der Waals surface area (Å²) in [6.45, 7) is 0. The molecule has 0 aliphatic rings. The maximum atomic E-state index is 11.0. The summed E-state index contributed by atoms with van der Waals surface area (Å²) in [4.78, 5) is 15.1. The van der Waals surface area contributed by atoms with Crippen molar-refractivity contribution in [3.8, 4) is 16.6 Å². The molecule has 0 fully saturated rings. The Balaban J connectivity index is 2.27. The van der Waals surface area contributed by atoms with Crippen LogP contribution in [0.3, 0.4) is 0 Å². The number of benzene rings is 1.